The van der Waals surface area contributed by atoms with Gasteiger partial charge in [-0.2, -0.15) is 0 Å². The minimum atomic E-state index is 0.251. The molecule has 1 aliphatic carbocycles. The number of hydrogen-bond donors (Lipinski definition) is 2. The van der Waals surface area contributed by atoms with E-state index in [-0.39, 0.29) is 5.91 Å². The van der Waals surface area contributed by atoms with Crippen LogP contribution in [0.5, 0.6) is 0 Å². The highest BCUT2D eigenvalue weighted by molar-refractivity contribution is 5.77. The van der Waals surface area contributed by atoms with E-state index < -0.39 is 0 Å². The van der Waals surface area contributed by atoms with Gasteiger partial charge in [0.15, 0.2) is 6.54 Å². The van der Waals surface area contributed by atoms with Crippen LogP contribution < -0.4 is 15.1 Å². The van der Waals surface area contributed by atoms with Crippen molar-refractivity contribution in [2.24, 2.45) is 0 Å². The molecular formula is C20H32N3O+. The number of carbonyl (C=O) groups excluding carboxylic acids is 1. The Bertz CT molecular complexity index is 529. The zero-order valence-electron chi connectivity index (χ0n) is 15.0. The van der Waals surface area contributed by atoms with Crippen molar-refractivity contribution in [2.45, 2.75) is 51.5 Å². The fourth-order valence-electron chi connectivity index (χ4n) is 4.09. The third kappa shape index (κ3) is 4.73. The van der Waals surface area contributed by atoms with Crippen molar-refractivity contribution in [1.29, 1.82) is 0 Å². The van der Waals surface area contributed by atoms with Gasteiger partial charge in [0.1, 0.15) is 0 Å². The number of anilines is 1. The zero-order chi connectivity index (χ0) is 16.8. The summed E-state index contributed by atoms with van der Waals surface area (Å²) in [6.45, 7) is 6.99. The molecule has 4 heteroatoms. The molecule has 0 atom stereocenters. The number of quaternary nitrogens is 1. The molecule has 0 spiro atoms. The molecule has 1 saturated carbocycles. The molecule has 1 aliphatic heterocycles. The maximum absolute atomic E-state index is 12.4. The molecule has 2 aliphatic rings. The van der Waals surface area contributed by atoms with Crippen molar-refractivity contribution in [3.63, 3.8) is 0 Å². The number of amides is 1. The van der Waals surface area contributed by atoms with Gasteiger partial charge in [0.2, 0.25) is 0 Å². The highest BCUT2D eigenvalue weighted by atomic mass is 16.2. The second-order valence-electron chi connectivity index (χ2n) is 7.46. The summed E-state index contributed by atoms with van der Waals surface area (Å²) in [6.07, 6.45) is 7.54. The summed E-state index contributed by atoms with van der Waals surface area (Å²) in [5.74, 6) is 0.251. The smallest absolute Gasteiger partial charge is 0.275 e. The van der Waals surface area contributed by atoms with Crippen LogP contribution in [-0.4, -0.2) is 44.7 Å². The van der Waals surface area contributed by atoms with Crippen molar-refractivity contribution < 1.29 is 9.69 Å². The Hall–Kier alpha value is -1.55. The van der Waals surface area contributed by atoms with Crippen molar-refractivity contribution in [1.82, 2.24) is 5.32 Å². The molecule has 1 saturated heterocycles. The summed E-state index contributed by atoms with van der Waals surface area (Å²) in [5, 5.41) is 3.28. The summed E-state index contributed by atoms with van der Waals surface area (Å²) >= 11 is 0. The molecule has 2 N–H and O–H groups in total. The molecule has 0 bridgehead atoms. The summed E-state index contributed by atoms with van der Waals surface area (Å²) in [6, 6.07) is 9.01. The minimum absolute atomic E-state index is 0.251. The van der Waals surface area contributed by atoms with Crippen LogP contribution >= 0.6 is 0 Å². The second-order valence-corrected chi connectivity index (χ2v) is 7.46. The Balaban J connectivity index is 1.43. The van der Waals surface area contributed by atoms with Crippen LogP contribution in [0, 0.1) is 6.92 Å². The molecule has 132 valence electrons. The van der Waals surface area contributed by atoms with E-state index in [9.17, 15) is 4.79 Å². The number of nitrogens with one attached hydrogen (secondary N) is 2. The molecule has 0 radical (unpaired) electrons. The first-order valence-electron chi connectivity index (χ1n) is 9.66. The Kier molecular flexibility index (Phi) is 6.13. The third-order valence-corrected chi connectivity index (χ3v) is 5.56. The monoisotopic (exact) mass is 330 g/mol. The highest BCUT2D eigenvalue weighted by Crippen LogP contribution is 2.19. The summed E-state index contributed by atoms with van der Waals surface area (Å²) in [5.41, 5.74) is 2.69. The van der Waals surface area contributed by atoms with Crippen LogP contribution in [0.3, 0.4) is 0 Å². The topological polar surface area (TPSA) is 36.8 Å². The lowest BCUT2D eigenvalue weighted by molar-refractivity contribution is -0.892. The van der Waals surface area contributed by atoms with Crippen LogP contribution in [0.25, 0.3) is 0 Å². The lowest BCUT2D eigenvalue weighted by Gasteiger charge is -2.34. The second kappa shape index (κ2) is 8.52. The normalized spacial score (nSPS) is 20.6. The average molecular weight is 330 g/mol. The number of benzene rings is 1. The fraction of sp³-hybridized carbons (Fsp3) is 0.650. The van der Waals surface area contributed by atoms with Gasteiger partial charge in [0.25, 0.3) is 5.91 Å². The molecule has 3 rings (SSSR count). The quantitative estimate of drug-likeness (QED) is 0.822. The van der Waals surface area contributed by atoms with Crippen molar-refractivity contribution in [2.75, 3.05) is 37.6 Å². The third-order valence-electron chi connectivity index (χ3n) is 5.56. The molecule has 1 aromatic rings. The predicted molar refractivity (Wildman–Crippen MR) is 98.6 cm³/mol. The molecule has 2 fully saturated rings. The van der Waals surface area contributed by atoms with Gasteiger partial charge in [-0.1, -0.05) is 43.9 Å². The first-order valence-corrected chi connectivity index (χ1v) is 9.66. The van der Waals surface area contributed by atoms with Crippen LogP contribution in [0.15, 0.2) is 24.3 Å². The van der Waals surface area contributed by atoms with Gasteiger partial charge in [-0.05, 0) is 31.4 Å². The lowest BCUT2D eigenvalue weighted by atomic mass is 10.1. The van der Waals surface area contributed by atoms with Crippen LogP contribution in [0.2, 0.25) is 0 Å². The summed E-state index contributed by atoms with van der Waals surface area (Å²) < 4.78 is 0. The Morgan fingerprint density at radius 2 is 1.79 bits per heavy atom. The van der Waals surface area contributed by atoms with Crippen LogP contribution in [0.1, 0.15) is 44.1 Å². The Labute approximate surface area is 146 Å². The summed E-state index contributed by atoms with van der Waals surface area (Å²) in [7, 11) is 0. The van der Waals surface area contributed by atoms with Gasteiger partial charge in [0.05, 0.1) is 26.2 Å². The molecule has 1 amide bonds. The van der Waals surface area contributed by atoms with Gasteiger partial charge < -0.3 is 15.1 Å². The molecule has 0 unspecified atom stereocenters. The molecule has 1 aromatic carbocycles. The van der Waals surface area contributed by atoms with E-state index in [1.165, 1.54) is 54.7 Å². The fourth-order valence-corrected chi connectivity index (χ4v) is 4.09. The molecule has 1 heterocycles. The van der Waals surface area contributed by atoms with E-state index >= 15 is 0 Å². The van der Waals surface area contributed by atoms with Crippen LogP contribution in [0.4, 0.5) is 5.69 Å². The maximum atomic E-state index is 12.4. The number of aryl methyl sites for hydroxylation is 1. The van der Waals surface area contributed by atoms with Gasteiger partial charge >= 0.3 is 0 Å². The molecule has 0 aromatic heterocycles. The Morgan fingerprint density at radius 3 is 2.46 bits per heavy atom. The van der Waals surface area contributed by atoms with Crippen LogP contribution in [-0.2, 0) is 4.79 Å². The number of nitrogens with zero attached hydrogens (tertiary/aromatic N) is 1. The van der Waals surface area contributed by atoms with Crippen molar-refractivity contribution in [3.05, 3.63) is 29.8 Å². The number of hydrogen-bond acceptors (Lipinski definition) is 2. The summed E-state index contributed by atoms with van der Waals surface area (Å²) in [4.78, 5) is 16.2. The van der Waals surface area contributed by atoms with Gasteiger partial charge in [-0.15, -0.1) is 0 Å². The largest absolute Gasteiger partial charge is 0.360 e. The van der Waals surface area contributed by atoms with Gasteiger partial charge in [0, 0.05) is 11.7 Å². The predicted octanol–water partition coefficient (Wildman–Crippen LogP) is 1.54. The first-order chi connectivity index (χ1) is 11.7. The van der Waals surface area contributed by atoms with E-state index in [1.54, 1.807) is 0 Å². The first kappa shape index (κ1) is 17.3. The van der Waals surface area contributed by atoms with Gasteiger partial charge in [-0.25, -0.2) is 0 Å². The minimum Gasteiger partial charge on any atom is -0.360 e. The zero-order valence-corrected chi connectivity index (χ0v) is 15.0. The van der Waals surface area contributed by atoms with E-state index in [0.29, 0.717) is 12.6 Å². The maximum Gasteiger partial charge on any atom is 0.275 e. The van der Waals surface area contributed by atoms with Gasteiger partial charge in [-0.3, -0.25) is 4.79 Å². The van der Waals surface area contributed by atoms with E-state index in [2.05, 4.69) is 41.4 Å². The molecular weight excluding hydrogens is 298 g/mol. The number of piperazine rings is 1. The van der Waals surface area contributed by atoms with E-state index in [1.807, 2.05) is 0 Å². The van der Waals surface area contributed by atoms with E-state index in [4.69, 9.17) is 0 Å². The average Bonchev–Trinajstić information content (AvgIpc) is 2.85. The molecule has 24 heavy (non-hydrogen) atoms. The molecule has 4 nitrogen and oxygen atoms in total. The number of rotatable bonds is 4. The van der Waals surface area contributed by atoms with Crippen molar-refractivity contribution >= 4 is 11.6 Å². The highest BCUT2D eigenvalue weighted by Gasteiger charge is 2.24. The SMILES string of the molecule is Cc1ccccc1N1CC[NH+](CC(=O)NC2CCCCCC2)CC1. The van der Waals surface area contributed by atoms with Crippen molar-refractivity contribution in [3.8, 4) is 0 Å². The lowest BCUT2D eigenvalue weighted by Crippen LogP contribution is -3.16. The number of carbonyl (C=O) groups is 1. The number of para-hydroxylation sites is 1. The standard InChI is InChI=1S/C20H31N3O/c1-17-8-6-7-11-19(17)23-14-12-22(13-15-23)16-20(24)21-18-9-4-2-3-5-10-18/h6-8,11,18H,2-5,9-10,12-16H2,1H3,(H,21,24)/p+1. The Morgan fingerprint density at radius 1 is 1.12 bits per heavy atom. The van der Waals surface area contributed by atoms with E-state index in [0.717, 1.165) is 26.2 Å².